The highest BCUT2D eigenvalue weighted by molar-refractivity contribution is 5.16. The van der Waals surface area contributed by atoms with Gasteiger partial charge in [-0.2, -0.15) is 0 Å². The number of nitrogens with one attached hydrogen (secondary N) is 1. The van der Waals surface area contributed by atoms with Gasteiger partial charge in [-0.3, -0.25) is 0 Å². The van der Waals surface area contributed by atoms with Crippen LogP contribution in [0.4, 0.5) is 0 Å². The Bertz CT molecular complexity index is 315. The molecule has 16 heavy (non-hydrogen) atoms. The molecule has 1 saturated heterocycles. The molecule has 1 heterocycles. The van der Waals surface area contributed by atoms with Crippen molar-refractivity contribution in [2.45, 2.75) is 18.6 Å². The third-order valence-corrected chi connectivity index (χ3v) is 3.49. The molecule has 0 radical (unpaired) electrons. The Morgan fingerprint density at radius 3 is 2.75 bits per heavy atom. The molecule has 3 atom stereocenters. The normalized spacial score (nSPS) is 26.9. The number of hydrogen-bond acceptors (Lipinski definition) is 1. The van der Waals surface area contributed by atoms with Crippen LogP contribution in [-0.4, -0.2) is 37.9 Å². The van der Waals surface area contributed by atoms with E-state index in [2.05, 4.69) is 42.7 Å². The van der Waals surface area contributed by atoms with Crippen LogP contribution in [0.2, 0.25) is 0 Å². The molecule has 0 aliphatic carbocycles. The molecule has 88 valence electrons. The quantitative estimate of drug-likeness (QED) is 0.574. The number of benzene rings is 1. The Morgan fingerprint density at radius 2 is 2.19 bits per heavy atom. The van der Waals surface area contributed by atoms with Crippen molar-refractivity contribution in [3.8, 4) is 0 Å². The summed E-state index contributed by atoms with van der Waals surface area (Å²) in [6, 6.07) is 11.2. The number of likely N-dealkylation sites (N-methyl/N-ethyl adjacent to an activating group) is 1. The molecular weight excluding hydrogens is 200 g/mol. The lowest BCUT2D eigenvalue weighted by Crippen LogP contribution is -3.13. The molecular formula is C13H22N2O+2. The SMILES string of the molecule is C[NH2+][C@H](C[NH+]1CC[C@H](O)C1)c1ccccc1. The van der Waals surface area contributed by atoms with Crippen LogP contribution in [0.3, 0.4) is 0 Å². The molecule has 0 saturated carbocycles. The Labute approximate surface area is 97.1 Å². The first-order valence-corrected chi connectivity index (χ1v) is 6.15. The lowest BCUT2D eigenvalue weighted by molar-refractivity contribution is -0.909. The van der Waals surface area contributed by atoms with Crippen molar-refractivity contribution >= 4 is 0 Å². The van der Waals surface area contributed by atoms with E-state index < -0.39 is 0 Å². The maximum absolute atomic E-state index is 9.52. The van der Waals surface area contributed by atoms with Gasteiger partial charge in [-0.05, 0) is 0 Å². The summed E-state index contributed by atoms with van der Waals surface area (Å²) in [5, 5.41) is 11.8. The first kappa shape index (κ1) is 11.6. The van der Waals surface area contributed by atoms with Gasteiger partial charge in [-0.15, -0.1) is 0 Å². The standard InChI is InChI=1S/C13H20N2O/c1-14-13(11-5-3-2-4-6-11)10-15-8-7-12(16)9-15/h2-6,12-14,16H,7-10H2,1H3/p+2/t12-,13+/m0/s1. The van der Waals surface area contributed by atoms with E-state index in [0.29, 0.717) is 6.04 Å². The van der Waals surface area contributed by atoms with Gasteiger partial charge in [0.25, 0.3) is 0 Å². The number of likely N-dealkylation sites (tertiary alicyclic amines) is 1. The van der Waals surface area contributed by atoms with Crippen molar-refractivity contribution in [1.82, 2.24) is 0 Å². The fourth-order valence-electron chi connectivity index (χ4n) is 2.53. The molecule has 1 aromatic carbocycles. The Morgan fingerprint density at radius 1 is 1.44 bits per heavy atom. The number of aliphatic hydroxyl groups is 1. The van der Waals surface area contributed by atoms with Crippen molar-refractivity contribution in [1.29, 1.82) is 0 Å². The van der Waals surface area contributed by atoms with Crippen LogP contribution in [-0.2, 0) is 0 Å². The lowest BCUT2D eigenvalue weighted by Gasteiger charge is -2.18. The number of nitrogens with two attached hydrogens (primary N) is 1. The summed E-state index contributed by atoms with van der Waals surface area (Å²) in [5.74, 6) is 0. The van der Waals surface area contributed by atoms with E-state index >= 15 is 0 Å². The van der Waals surface area contributed by atoms with E-state index in [-0.39, 0.29) is 6.10 Å². The highest BCUT2D eigenvalue weighted by atomic mass is 16.3. The van der Waals surface area contributed by atoms with E-state index in [1.165, 1.54) is 10.5 Å². The van der Waals surface area contributed by atoms with Crippen LogP contribution in [0.5, 0.6) is 0 Å². The van der Waals surface area contributed by atoms with Crippen LogP contribution in [0, 0.1) is 0 Å². The molecule has 1 aliphatic rings. The molecule has 2 rings (SSSR count). The Balaban J connectivity index is 1.96. The minimum absolute atomic E-state index is 0.0803. The maximum Gasteiger partial charge on any atom is 0.161 e. The molecule has 1 fully saturated rings. The number of rotatable bonds is 4. The number of quaternary nitrogens is 2. The van der Waals surface area contributed by atoms with Crippen molar-refractivity contribution in [2.75, 3.05) is 26.7 Å². The van der Waals surface area contributed by atoms with E-state index in [4.69, 9.17) is 0 Å². The Hall–Kier alpha value is -0.900. The third-order valence-electron chi connectivity index (χ3n) is 3.49. The molecule has 0 amide bonds. The number of aliphatic hydroxyl groups excluding tert-OH is 1. The van der Waals surface area contributed by atoms with Gasteiger partial charge in [-0.1, -0.05) is 30.3 Å². The van der Waals surface area contributed by atoms with Crippen LogP contribution in [0.1, 0.15) is 18.0 Å². The van der Waals surface area contributed by atoms with Crippen molar-refractivity contribution in [3.05, 3.63) is 35.9 Å². The molecule has 3 nitrogen and oxygen atoms in total. The van der Waals surface area contributed by atoms with Crippen LogP contribution < -0.4 is 10.2 Å². The molecule has 4 N–H and O–H groups in total. The topological polar surface area (TPSA) is 41.3 Å². The van der Waals surface area contributed by atoms with E-state index in [0.717, 1.165) is 26.1 Å². The second kappa shape index (κ2) is 5.43. The molecule has 1 aliphatic heterocycles. The third kappa shape index (κ3) is 2.82. The average molecular weight is 222 g/mol. The van der Waals surface area contributed by atoms with Gasteiger partial charge in [0.1, 0.15) is 19.2 Å². The molecule has 0 aromatic heterocycles. The second-order valence-electron chi connectivity index (χ2n) is 4.70. The first-order chi connectivity index (χ1) is 7.79. The van der Waals surface area contributed by atoms with Gasteiger partial charge in [0.15, 0.2) is 6.04 Å². The predicted molar refractivity (Wildman–Crippen MR) is 63.2 cm³/mol. The highest BCUT2D eigenvalue weighted by Crippen LogP contribution is 2.06. The molecule has 3 heteroatoms. The van der Waals surface area contributed by atoms with Crippen LogP contribution in [0.15, 0.2) is 30.3 Å². The molecule has 1 unspecified atom stereocenters. The summed E-state index contributed by atoms with van der Waals surface area (Å²) in [5.41, 5.74) is 1.39. The van der Waals surface area contributed by atoms with Gasteiger partial charge in [0.2, 0.25) is 0 Å². The van der Waals surface area contributed by atoms with E-state index in [1.54, 1.807) is 0 Å². The van der Waals surface area contributed by atoms with Gasteiger partial charge in [0, 0.05) is 12.0 Å². The fourth-order valence-corrected chi connectivity index (χ4v) is 2.53. The van der Waals surface area contributed by atoms with Crippen molar-refractivity contribution in [2.24, 2.45) is 0 Å². The van der Waals surface area contributed by atoms with Gasteiger partial charge in [-0.25, -0.2) is 0 Å². The monoisotopic (exact) mass is 222 g/mol. The van der Waals surface area contributed by atoms with Gasteiger partial charge < -0.3 is 15.3 Å². The zero-order chi connectivity index (χ0) is 11.4. The van der Waals surface area contributed by atoms with Gasteiger partial charge in [0.05, 0.1) is 13.6 Å². The molecule has 1 aromatic rings. The summed E-state index contributed by atoms with van der Waals surface area (Å²) in [7, 11) is 2.13. The largest absolute Gasteiger partial charge is 0.387 e. The predicted octanol–water partition coefficient (Wildman–Crippen LogP) is -1.43. The average Bonchev–Trinajstić information content (AvgIpc) is 2.73. The zero-order valence-electron chi connectivity index (χ0n) is 9.89. The first-order valence-electron chi connectivity index (χ1n) is 6.15. The summed E-state index contributed by atoms with van der Waals surface area (Å²) >= 11 is 0. The number of hydrogen-bond donors (Lipinski definition) is 3. The maximum atomic E-state index is 9.52. The van der Waals surface area contributed by atoms with Crippen LogP contribution >= 0.6 is 0 Å². The van der Waals surface area contributed by atoms with Crippen LogP contribution in [0.25, 0.3) is 0 Å². The summed E-state index contributed by atoms with van der Waals surface area (Å²) in [6.45, 7) is 3.13. The second-order valence-corrected chi connectivity index (χ2v) is 4.70. The van der Waals surface area contributed by atoms with Crippen molar-refractivity contribution < 1.29 is 15.3 Å². The summed E-state index contributed by atoms with van der Waals surface area (Å²) in [4.78, 5) is 1.53. The van der Waals surface area contributed by atoms with Gasteiger partial charge >= 0.3 is 0 Å². The fraction of sp³-hybridized carbons (Fsp3) is 0.538. The molecule has 0 bridgehead atoms. The minimum atomic E-state index is -0.0803. The highest BCUT2D eigenvalue weighted by Gasteiger charge is 2.28. The van der Waals surface area contributed by atoms with E-state index in [9.17, 15) is 5.11 Å². The smallest absolute Gasteiger partial charge is 0.161 e. The molecule has 0 spiro atoms. The lowest BCUT2D eigenvalue weighted by atomic mass is 10.1. The minimum Gasteiger partial charge on any atom is -0.387 e. The van der Waals surface area contributed by atoms with Crippen molar-refractivity contribution in [3.63, 3.8) is 0 Å². The summed E-state index contributed by atoms with van der Waals surface area (Å²) < 4.78 is 0. The zero-order valence-corrected chi connectivity index (χ0v) is 9.89. The summed E-state index contributed by atoms with van der Waals surface area (Å²) in [6.07, 6.45) is 0.879. The van der Waals surface area contributed by atoms with E-state index in [1.807, 2.05) is 0 Å². The Kier molecular flexibility index (Phi) is 3.93.